The van der Waals surface area contributed by atoms with Gasteiger partial charge in [0.15, 0.2) is 5.17 Å². The maximum atomic E-state index is 15.0. The molecule has 3 aromatic rings. The molecule has 2 aliphatic heterocycles. The molecule has 2 saturated heterocycles. The summed E-state index contributed by atoms with van der Waals surface area (Å²) >= 11 is 1.32. The van der Waals surface area contributed by atoms with Crippen molar-refractivity contribution in [2.45, 2.75) is 26.3 Å². The number of aliphatic imine (C=N–C) groups is 1. The van der Waals surface area contributed by atoms with Crippen LogP contribution in [0.2, 0.25) is 0 Å². The lowest BCUT2D eigenvalue weighted by Gasteiger charge is -2.19. The van der Waals surface area contributed by atoms with Gasteiger partial charge >= 0.3 is 0 Å². The molecule has 184 valence electrons. The van der Waals surface area contributed by atoms with Crippen molar-refractivity contribution in [3.63, 3.8) is 0 Å². The number of benzene rings is 3. The minimum Gasteiger partial charge on any atom is -0.497 e. The number of hydrogen-bond acceptors (Lipinski definition) is 5. The van der Waals surface area contributed by atoms with Gasteiger partial charge in [0.05, 0.1) is 29.9 Å². The van der Waals surface area contributed by atoms with Gasteiger partial charge in [0.1, 0.15) is 11.6 Å². The van der Waals surface area contributed by atoms with Gasteiger partial charge in [0.25, 0.3) is 5.91 Å². The molecule has 3 aromatic carbocycles. The SMILES string of the molecule is COc1ccc(CN2C(=O)/C(=C/c3cc(F)c(N4CCCC4)cc3C)SC2=Nc2ccccc2)cc1. The molecule has 2 heterocycles. The third-order valence-electron chi connectivity index (χ3n) is 6.44. The molecule has 7 heteroatoms. The Balaban J connectivity index is 1.47. The summed E-state index contributed by atoms with van der Waals surface area (Å²) in [6.07, 6.45) is 3.96. The van der Waals surface area contributed by atoms with Crippen molar-refractivity contribution >= 4 is 40.3 Å². The van der Waals surface area contributed by atoms with Crippen molar-refractivity contribution in [1.82, 2.24) is 4.90 Å². The zero-order valence-corrected chi connectivity index (χ0v) is 21.2. The first-order valence-corrected chi connectivity index (χ1v) is 12.9. The van der Waals surface area contributed by atoms with E-state index in [0.717, 1.165) is 48.5 Å². The van der Waals surface area contributed by atoms with Gasteiger partial charge < -0.3 is 9.64 Å². The average molecular weight is 502 g/mol. The van der Waals surface area contributed by atoms with Crippen molar-refractivity contribution in [2.75, 3.05) is 25.1 Å². The van der Waals surface area contributed by atoms with E-state index in [1.165, 1.54) is 11.8 Å². The van der Waals surface area contributed by atoms with Crippen LogP contribution >= 0.6 is 11.8 Å². The van der Waals surface area contributed by atoms with Crippen molar-refractivity contribution in [2.24, 2.45) is 4.99 Å². The second-order valence-corrected chi connectivity index (χ2v) is 9.94. The van der Waals surface area contributed by atoms with E-state index >= 15 is 4.39 Å². The molecule has 36 heavy (non-hydrogen) atoms. The number of rotatable bonds is 6. The Morgan fingerprint density at radius 1 is 1.06 bits per heavy atom. The predicted octanol–water partition coefficient (Wildman–Crippen LogP) is 6.55. The van der Waals surface area contributed by atoms with Crippen molar-refractivity contribution < 1.29 is 13.9 Å². The molecule has 2 fully saturated rings. The van der Waals surface area contributed by atoms with Crippen LogP contribution in [-0.2, 0) is 11.3 Å². The van der Waals surface area contributed by atoms with Crippen LogP contribution < -0.4 is 9.64 Å². The van der Waals surface area contributed by atoms with Gasteiger partial charge in [-0.2, -0.15) is 0 Å². The first-order chi connectivity index (χ1) is 17.5. The molecule has 1 amide bonds. The first kappa shape index (κ1) is 24.1. The van der Waals surface area contributed by atoms with Crippen LogP contribution in [0, 0.1) is 12.7 Å². The molecule has 0 unspecified atom stereocenters. The zero-order valence-electron chi connectivity index (χ0n) is 20.4. The van der Waals surface area contributed by atoms with Crippen LogP contribution in [0.15, 0.2) is 76.6 Å². The lowest BCUT2D eigenvalue weighted by molar-refractivity contribution is -0.122. The largest absolute Gasteiger partial charge is 0.497 e. The third-order valence-corrected chi connectivity index (χ3v) is 7.44. The maximum Gasteiger partial charge on any atom is 0.267 e. The summed E-state index contributed by atoms with van der Waals surface area (Å²) in [7, 11) is 1.62. The van der Waals surface area contributed by atoms with E-state index in [9.17, 15) is 4.79 Å². The molecule has 0 N–H and O–H groups in total. The van der Waals surface area contributed by atoms with Crippen LogP contribution in [-0.4, -0.2) is 36.2 Å². The fraction of sp³-hybridized carbons (Fsp3) is 0.241. The van der Waals surface area contributed by atoms with Gasteiger partial charge in [0.2, 0.25) is 0 Å². The molecule has 0 atom stereocenters. The summed E-state index contributed by atoms with van der Waals surface area (Å²) in [5, 5.41) is 0.597. The van der Waals surface area contributed by atoms with Crippen LogP contribution in [0.3, 0.4) is 0 Å². The molecule has 0 bridgehead atoms. The fourth-order valence-electron chi connectivity index (χ4n) is 4.44. The van der Waals surface area contributed by atoms with Crippen LogP contribution in [0.1, 0.15) is 29.5 Å². The summed E-state index contributed by atoms with van der Waals surface area (Å²) in [6.45, 7) is 4.10. The van der Waals surface area contributed by atoms with E-state index in [1.807, 2.05) is 67.6 Å². The monoisotopic (exact) mass is 501 g/mol. The number of halogens is 1. The molecule has 0 aliphatic carbocycles. The van der Waals surface area contributed by atoms with Crippen LogP contribution in [0.4, 0.5) is 15.8 Å². The van der Waals surface area contributed by atoms with E-state index in [4.69, 9.17) is 9.73 Å². The molecular weight excluding hydrogens is 473 g/mol. The number of amidine groups is 1. The fourth-order valence-corrected chi connectivity index (χ4v) is 5.42. The van der Waals surface area contributed by atoms with Gasteiger partial charge in [-0.1, -0.05) is 30.3 Å². The topological polar surface area (TPSA) is 45.1 Å². The third kappa shape index (κ3) is 5.16. The highest BCUT2D eigenvalue weighted by molar-refractivity contribution is 8.18. The number of amides is 1. The number of hydrogen-bond donors (Lipinski definition) is 0. The quantitative estimate of drug-likeness (QED) is 0.360. The van der Waals surface area contributed by atoms with Gasteiger partial charge in [-0.05, 0) is 90.7 Å². The molecule has 0 spiro atoms. The van der Waals surface area contributed by atoms with Gasteiger partial charge in [-0.3, -0.25) is 9.69 Å². The van der Waals surface area contributed by atoms with Crippen molar-refractivity contribution in [3.05, 3.63) is 94.1 Å². The molecule has 0 saturated carbocycles. The number of carbonyl (C=O) groups is 1. The molecule has 0 aromatic heterocycles. The number of methoxy groups -OCH3 is 1. The lowest BCUT2D eigenvalue weighted by atomic mass is 10.1. The van der Waals surface area contributed by atoms with Crippen molar-refractivity contribution in [1.29, 1.82) is 0 Å². The van der Waals surface area contributed by atoms with Gasteiger partial charge in [-0.15, -0.1) is 0 Å². The highest BCUT2D eigenvalue weighted by Gasteiger charge is 2.33. The number of para-hydroxylation sites is 1. The molecule has 2 aliphatic rings. The summed E-state index contributed by atoms with van der Waals surface area (Å²) in [6, 6.07) is 20.6. The number of carbonyl (C=O) groups excluding carboxylic acids is 1. The minimum atomic E-state index is -0.252. The van der Waals surface area contributed by atoms with E-state index in [1.54, 1.807) is 24.2 Å². The van der Waals surface area contributed by atoms with Gasteiger partial charge in [-0.25, -0.2) is 9.38 Å². The Labute approximate surface area is 215 Å². The van der Waals surface area contributed by atoms with Crippen LogP contribution in [0.25, 0.3) is 6.08 Å². The Hall–Kier alpha value is -3.58. The summed E-state index contributed by atoms with van der Waals surface area (Å²) in [5.74, 6) is 0.363. The molecule has 5 nitrogen and oxygen atoms in total. The Bertz CT molecular complexity index is 1320. The van der Waals surface area contributed by atoms with E-state index in [0.29, 0.717) is 27.9 Å². The van der Waals surface area contributed by atoms with Crippen molar-refractivity contribution in [3.8, 4) is 5.75 Å². The lowest BCUT2D eigenvalue weighted by Crippen LogP contribution is -2.28. The van der Waals surface area contributed by atoms with Crippen LogP contribution in [0.5, 0.6) is 5.75 Å². The standard InChI is InChI=1S/C29H28FN3O2S/c1-20-16-26(32-14-6-7-15-32)25(30)17-22(20)18-27-28(34)33(19-21-10-12-24(35-2)13-11-21)29(36-27)31-23-8-4-3-5-9-23/h3-5,8-13,16-18H,6-7,14-15,19H2,1-2H3/b27-18-,31-29?. The first-order valence-electron chi connectivity index (χ1n) is 12.0. The number of aryl methyl sites for hydroxylation is 1. The highest BCUT2D eigenvalue weighted by Crippen LogP contribution is 2.36. The van der Waals surface area contributed by atoms with E-state index in [-0.39, 0.29) is 11.7 Å². The number of ether oxygens (including phenoxy) is 1. The van der Waals surface area contributed by atoms with Gasteiger partial charge in [0, 0.05) is 13.1 Å². The number of anilines is 1. The Morgan fingerprint density at radius 3 is 2.47 bits per heavy atom. The summed E-state index contributed by atoms with van der Waals surface area (Å²) in [4.78, 5) is 22.6. The van der Waals surface area contributed by atoms with E-state index < -0.39 is 0 Å². The summed E-state index contributed by atoms with van der Waals surface area (Å²) in [5.41, 5.74) is 4.02. The predicted molar refractivity (Wildman–Crippen MR) is 145 cm³/mol. The average Bonchev–Trinajstić information content (AvgIpc) is 3.52. The minimum absolute atomic E-state index is 0.145. The summed E-state index contributed by atoms with van der Waals surface area (Å²) < 4.78 is 20.3. The number of nitrogens with zero attached hydrogens (tertiary/aromatic N) is 3. The molecule has 5 rings (SSSR count). The maximum absolute atomic E-state index is 15.0. The zero-order chi connectivity index (χ0) is 25.1. The van der Waals surface area contributed by atoms with E-state index in [2.05, 4.69) is 4.90 Å². The molecular formula is C29H28FN3O2S. The Kier molecular flexibility index (Phi) is 7.09. The second kappa shape index (κ2) is 10.6. The number of thioether (sulfide) groups is 1. The molecule has 0 radical (unpaired) electrons. The highest BCUT2D eigenvalue weighted by atomic mass is 32.2. The second-order valence-electron chi connectivity index (χ2n) is 8.93. The Morgan fingerprint density at radius 2 is 1.78 bits per heavy atom. The smallest absolute Gasteiger partial charge is 0.267 e. The normalized spacial score (nSPS) is 18.0.